The van der Waals surface area contributed by atoms with Crippen molar-refractivity contribution in [2.45, 2.75) is 12.3 Å². The number of carboxylic acid groups (broad SMARTS) is 1. The summed E-state index contributed by atoms with van der Waals surface area (Å²) in [6, 6.07) is 12.8. The molecule has 0 spiro atoms. The number of aliphatic carboxylic acids is 1. The Morgan fingerprint density at radius 2 is 1.95 bits per heavy atom. The fraction of sp³-hybridized carbons (Fsp3) is 0.133. The smallest absolute Gasteiger partial charge is 0.311 e. The van der Waals surface area contributed by atoms with Crippen LogP contribution in [-0.4, -0.2) is 11.1 Å². The topological polar surface area (TPSA) is 37.3 Å². The molecule has 0 amide bonds. The molecular formula is C15H12ClFO2. The summed E-state index contributed by atoms with van der Waals surface area (Å²) in [4.78, 5) is 11.4. The predicted octanol–water partition coefficient (Wildman–Crippen LogP) is 3.89. The molecule has 4 heteroatoms. The van der Waals surface area contributed by atoms with E-state index in [0.717, 1.165) is 0 Å². The second kappa shape index (κ2) is 5.85. The van der Waals surface area contributed by atoms with Crippen LogP contribution in [0.1, 0.15) is 17.0 Å². The van der Waals surface area contributed by atoms with Crippen molar-refractivity contribution in [1.82, 2.24) is 0 Å². The minimum absolute atomic E-state index is 0.205. The van der Waals surface area contributed by atoms with Crippen molar-refractivity contribution >= 4 is 17.6 Å². The quantitative estimate of drug-likeness (QED) is 0.921. The monoisotopic (exact) mass is 278 g/mol. The highest BCUT2D eigenvalue weighted by Crippen LogP contribution is 2.27. The third kappa shape index (κ3) is 3.32. The van der Waals surface area contributed by atoms with Crippen molar-refractivity contribution in [3.8, 4) is 0 Å². The lowest BCUT2D eigenvalue weighted by Gasteiger charge is -2.14. The van der Waals surface area contributed by atoms with Gasteiger partial charge >= 0.3 is 5.97 Å². The van der Waals surface area contributed by atoms with E-state index in [9.17, 15) is 14.3 Å². The molecule has 0 fully saturated rings. The first-order chi connectivity index (χ1) is 9.08. The van der Waals surface area contributed by atoms with Gasteiger partial charge in [-0.1, -0.05) is 41.9 Å². The molecule has 0 saturated carbocycles. The van der Waals surface area contributed by atoms with Crippen LogP contribution in [0.2, 0.25) is 5.02 Å². The first-order valence-corrected chi connectivity index (χ1v) is 6.17. The van der Waals surface area contributed by atoms with E-state index in [1.807, 2.05) is 0 Å². The second-order valence-corrected chi connectivity index (χ2v) is 4.65. The molecule has 19 heavy (non-hydrogen) atoms. The highest BCUT2D eigenvalue weighted by atomic mass is 35.5. The van der Waals surface area contributed by atoms with Crippen LogP contribution in [0.4, 0.5) is 4.39 Å². The van der Waals surface area contributed by atoms with Gasteiger partial charge in [0.05, 0.1) is 5.92 Å². The summed E-state index contributed by atoms with van der Waals surface area (Å²) in [5.74, 6) is -2.13. The number of hydrogen-bond acceptors (Lipinski definition) is 1. The number of rotatable bonds is 4. The van der Waals surface area contributed by atoms with Crippen molar-refractivity contribution in [3.05, 3.63) is 70.5 Å². The number of carboxylic acids is 1. The van der Waals surface area contributed by atoms with E-state index in [4.69, 9.17) is 11.6 Å². The SMILES string of the molecule is O=C(O)C(Cc1cccc(F)c1)c1ccccc1Cl. The zero-order valence-electron chi connectivity index (χ0n) is 10.0. The van der Waals surface area contributed by atoms with E-state index in [1.165, 1.54) is 12.1 Å². The Hall–Kier alpha value is -1.87. The van der Waals surface area contributed by atoms with Gasteiger partial charge in [-0.25, -0.2) is 4.39 Å². The molecule has 2 aromatic rings. The minimum atomic E-state index is -0.975. The molecule has 1 unspecified atom stereocenters. The Morgan fingerprint density at radius 1 is 1.21 bits per heavy atom. The highest BCUT2D eigenvalue weighted by Gasteiger charge is 2.22. The lowest BCUT2D eigenvalue weighted by molar-refractivity contribution is -0.138. The van der Waals surface area contributed by atoms with Crippen LogP contribution in [0.15, 0.2) is 48.5 Å². The van der Waals surface area contributed by atoms with Gasteiger partial charge in [0.15, 0.2) is 0 Å². The third-order valence-electron chi connectivity index (χ3n) is 2.91. The van der Waals surface area contributed by atoms with Gasteiger partial charge in [-0.3, -0.25) is 4.79 Å². The molecule has 0 bridgehead atoms. The Morgan fingerprint density at radius 3 is 2.58 bits per heavy atom. The predicted molar refractivity (Wildman–Crippen MR) is 71.9 cm³/mol. The normalized spacial score (nSPS) is 12.1. The largest absolute Gasteiger partial charge is 0.481 e. The summed E-state index contributed by atoms with van der Waals surface area (Å²) >= 11 is 6.02. The molecule has 0 aliphatic carbocycles. The molecule has 1 atom stereocenters. The Bertz CT molecular complexity index is 598. The summed E-state index contributed by atoms with van der Waals surface area (Å²) in [6.07, 6.45) is 0.205. The van der Waals surface area contributed by atoms with Crippen LogP contribution in [0, 0.1) is 5.82 Å². The molecule has 0 saturated heterocycles. The van der Waals surface area contributed by atoms with E-state index < -0.39 is 11.9 Å². The third-order valence-corrected chi connectivity index (χ3v) is 3.25. The number of carbonyl (C=O) groups is 1. The molecule has 2 rings (SSSR count). The van der Waals surface area contributed by atoms with Crippen molar-refractivity contribution in [3.63, 3.8) is 0 Å². The Balaban J connectivity index is 2.32. The average Bonchev–Trinajstić information content (AvgIpc) is 2.37. The van der Waals surface area contributed by atoms with Gasteiger partial charge in [0.2, 0.25) is 0 Å². The molecule has 0 aliphatic heterocycles. The molecule has 0 radical (unpaired) electrons. The molecule has 0 heterocycles. The average molecular weight is 279 g/mol. The van der Waals surface area contributed by atoms with E-state index in [1.54, 1.807) is 36.4 Å². The number of benzene rings is 2. The van der Waals surface area contributed by atoms with E-state index >= 15 is 0 Å². The minimum Gasteiger partial charge on any atom is -0.481 e. The maximum Gasteiger partial charge on any atom is 0.311 e. The van der Waals surface area contributed by atoms with Gasteiger partial charge in [-0.15, -0.1) is 0 Å². The van der Waals surface area contributed by atoms with E-state index in [-0.39, 0.29) is 12.2 Å². The van der Waals surface area contributed by atoms with Crippen LogP contribution in [0.5, 0.6) is 0 Å². The van der Waals surface area contributed by atoms with Gasteiger partial charge in [0.1, 0.15) is 5.82 Å². The maximum atomic E-state index is 13.1. The van der Waals surface area contributed by atoms with Gasteiger partial charge in [0, 0.05) is 5.02 Å². The Kier molecular flexibility index (Phi) is 4.17. The van der Waals surface area contributed by atoms with Crippen molar-refractivity contribution in [2.75, 3.05) is 0 Å². The summed E-state index contributed by atoms with van der Waals surface area (Å²) in [7, 11) is 0. The maximum absolute atomic E-state index is 13.1. The lowest BCUT2D eigenvalue weighted by atomic mass is 9.92. The second-order valence-electron chi connectivity index (χ2n) is 4.25. The molecule has 1 N–H and O–H groups in total. The lowest BCUT2D eigenvalue weighted by Crippen LogP contribution is -2.15. The Labute approximate surface area is 115 Å². The fourth-order valence-corrected chi connectivity index (χ4v) is 2.26. The summed E-state index contributed by atoms with van der Waals surface area (Å²) < 4.78 is 13.1. The molecular weight excluding hydrogens is 267 g/mol. The number of hydrogen-bond donors (Lipinski definition) is 1. The van der Waals surface area contributed by atoms with Crippen LogP contribution in [-0.2, 0) is 11.2 Å². The van der Waals surface area contributed by atoms with Gasteiger partial charge in [0.25, 0.3) is 0 Å². The molecule has 2 aromatic carbocycles. The number of halogens is 2. The summed E-state index contributed by atoms with van der Waals surface area (Å²) in [6.45, 7) is 0. The van der Waals surface area contributed by atoms with Gasteiger partial charge in [-0.05, 0) is 35.7 Å². The molecule has 0 aromatic heterocycles. The van der Waals surface area contributed by atoms with Crippen LogP contribution < -0.4 is 0 Å². The van der Waals surface area contributed by atoms with Crippen molar-refractivity contribution < 1.29 is 14.3 Å². The fourth-order valence-electron chi connectivity index (χ4n) is 1.99. The first-order valence-electron chi connectivity index (χ1n) is 5.79. The van der Waals surface area contributed by atoms with E-state index in [2.05, 4.69) is 0 Å². The van der Waals surface area contributed by atoms with Crippen molar-refractivity contribution in [2.24, 2.45) is 0 Å². The zero-order chi connectivity index (χ0) is 13.8. The van der Waals surface area contributed by atoms with Gasteiger partial charge < -0.3 is 5.11 Å². The van der Waals surface area contributed by atoms with Crippen molar-refractivity contribution in [1.29, 1.82) is 0 Å². The van der Waals surface area contributed by atoms with Crippen LogP contribution in [0.3, 0.4) is 0 Å². The zero-order valence-corrected chi connectivity index (χ0v) is 10.8. The first kappa shape index (κ1) is 13.6. The van der Waals surface area contributed by atoms with Crippen LogP contribution in [0.25, 0.3) is 0 Å². The molecule has 2 nitrogen and oxygen atoms in total. The standard InChI is InChI=1S/C15H12ClFO2/c16-14-7-2-1-6-12(14)13(15(18)19)9-10-4-3-5-11(17)8-10/h1-8,13H,9H2,(H,18,19). The highest BCUT2D eigenvalue weighted by molar-refractivity contribution is 6.31. The van der Waals surface area contributed by atoms with Gasteiger partial charge in [-0.2, -0.15) is 0 Å². The summed E-state index contributed by atoms with van der Waals surface area (Å²) in [5, 5.41) is 9.74. The van der Waals surface area contributed by atoms with Crippen LogP contribution >= 0.6 is 11.6 Å². The molecule has 98 valence electrons. The van der Waals surface area contributed by atoms with E-state index in [0.29, 0.717) is 16.1 Å². The molecule has 0 aliphatic rings. The summed E-state index contributed by atoms with van der Waals surface area (Å²) in [5.41, 5.74) is 1.17.